The van der Waals surface area contributed by atoms with Crippen LogP contribution in [-0.4, -0.2) is 40.4 Å². The summed E-state index contributed by atoms with van der Waals surface area (Å²) < 4.78 is 0. The molecule has 0 aliphatic carbocycles. The lowest BCUT2D eigenvalue weighted by Gasteiger charge is -2.26. The molecule has 0 aromatic carbocycles. The summed E-state index contributed by atoms with van der Waals surface area (Å²) in [7, 11) is 0. The van der Waals surface area contributed by atoms with Crippen LogP contribution in [0.15, 0.2) is 12.3 Å². The van der Waals surface area contributed by atoms with Crippen LogP contribution in [0.25, 0.3) is 0 Å². The fourth-order valence-electron chi connectivity index (χ4n) is 1.62. The van der Waals surface area contributed by atoms with Gasteiger partial charge in [-0.3, -0.25) is 9.78 Å². The zero-order chi connectivity index (χ0) is 11.5. The number of halogens is 1. The highest BCUT2D eigenvalue weighted by atomic mass is 35.5. The first-order chi connectivity index (χ1) is 7.68. The average molecular weight is 257 g/mol. The summed E-state index contributed by atoms with van der Waals surface area (Å²) in [6, 6.07) is 1.73. The molecule has 3 nitrogen and oxygen atoms in total. The molecular formula is C11H13ClN2OS. The molecule has 1 saturated heterocycles. The molecule has 0 radical (unpaired) electrons. The number of carbonyl (C=O) groups excluding carboxylic acids is 1. The second-order valence-electron chi connectivity index (χ2n) is 3.71. The van der Waals surface area contributed by atoms with Gasteiger partial charge in [0.1, 0.15) is 0 Å². The van der Waals surface area contributed by atoms with E-state index in [1.165, 1.54) is 0 Å². The molecular weight excluding hydrogens is 244 g/mol. The third kappa shape index (κ3) is 2.50. The van der Waals surface area contributed by atoms with Crippen LogP contribution in [0.5, 0.6) is 0 Å². The van der Waals surface area contributed by atoms with Gasteiger partial charge in [-0.15, -0.1) is 0 Å². The van der Waals surface area contributed by atoms with Crippen molar-refractivity contribution in [1.82, 2.24) is 9.88 Å². The topological polar surface area (TPSA) is 33.2 Å². The molecule has 16 heavy (non-hydrogen) atoms. The highest BCUT2D eigenvalue weighted by Crippen LogP contribution is 2.19. The standard InChI is InChI=1S/C11H13ClN2OS/c1-8-6-10(12)9(7-13-8)11(15)14-2-4-16-5-3-14/h6-7H,2-5H2,1H3. The summed E-state index contributed by atoms with van der Waals surface area (Å²) in [5, 5.41) is 0.496. The molecule has 2 rings (SSSR count). The van der Waals surface area contributed by atoms with E-state index in [1.54, 1.807) is 12.3 Å². The van der Waals surface area contributed by atoms with Crippen LogP contribution in [0.3, 0.4) is 0 Å². The van der Waals surface area contributed by atoms with Crippen molar-refractivity contribution in [3.63, 3.8) is 0 Å². The van der Waals surface area contributed by atoms with Crippen LogP contribution in [0.4, 0.5) is 0 Å². The van der Waals surface area contributed by atoms with E-state index in [2.05, 4.69) is 4.98 Å². The minimum atomic E-state index is -0.00204. The minimum absolute atomic E-state index is 0.00204. The number of aromatic nitrogens is 1. The van der Waals surface area contributed by atoms with Gasteiger partial charge in [-0.25, -0.2) is 0 Å². The Hall–Kier alpha value is -0.740. The first-order valence-corrected chi connectivity index (χ1v) is 6.71. The quantitative estimate of drug-likeness (QED) is 0.773. The number of thioether (sulfide) groups is 1. The molecule has 1 aliphatic rings. The molecule has 1 amide bonds. The first-order valence-electron chi connectivity index (χ1n) is 5.17. The van der Waals surface area contributed by atoms with Crippen molar-refractivity contribution in [2.24, 2.45) is 0 Å². The SMILES string of the molecule is Cc1cc(Cl)c(C(=O)N2CCSCC2)cn1. The zero-order valence-corrected chi connectivity index (χ0v) is 10.6. The maximum atomic E-state index is 12.1. The Balaban J connectivity index is 2.19. The fourth-order valence-corrected chi connectivity index (χ4v) is 2.81. The molecule has 1 aromatic rings. The third-order valence-electron chi connectivity index (χ3n) is 2.52. The summed E-state index contributed by atoms with van der Waals surface area (Å²) >= 11 is 7.93. The zero-order valence-electron chi connectivity index (χ0n) is 9.07. The Morgan fingerprint density at radius 2 is 2.19 bits per heavy atom. The van der Waals surface area contributed by atoms with Crippen LogP contribution in [0.2, 0.25) is 5.02 Å². The minimum Gasteiger partial charge on any atom is -0.337 e. The van der Waals surface area contributed by atoms with E-state index in [-0.39, 0.29) is 5.91 Å². The van der Waals surface area contributed by atoms with E-state index in [0.717, 1.165) is 30.3 Å². The molecule has 2 heterocycles. The van der Waals surface area contributed by atoms with E-state index in [1.807, 2.05) is 23.6 Å². The lowest BCUT2D eigenvalue weighted by Crippen LogP contribution is -2.38. The van der Waals surface area contributed by atoms with Crippen LogP contribution in [0, 0.1) is 6.92 Å². The molecule has 0 saturated carbocycles. The second kappa shape index (κ2) is 5.06. The average Bonchev–Trinajstić information content (AvgIpc) is 2.29. The van der Waals surface area contributed by atoms with Gasteiger partial charge in [0.25, 0.3) is 5.91 Å². The lowest BCUT2D eigenvalue weighted by molar-refractivity contribution is 0.0772. The van der Waals surface area contributed by atoms with Crippen LogP contribution >= 0.6 is 23.4 Å². The van der Waals surface area contributed by atoms with Crippen LogP contribution in [0.1, 0.15) is 16.1 Å². The Labute approximate surface area is 104 Å². The number of hydrogen-bond acceptors (Lipinski definition) is 3. The summed E-state index contributed by atoms with van der Waals surface area (Å²) in [6.07, 6.45) is 1.57. The maximum Gasteiger partial charge on any atom is 0.256 e. The smallest absolute Gasteiger partial charge is 0.256 e. The highest BCUT2D eigenvalue weighted by molar-refractivity contribution is 7.99. The predicted octanol–water partition coefficient (Wildman–Crippen LogP) is 2.23. The van der Waals surface area contributed by atoms with Gasteiger partial charge >= 0.3 is 0 Å². The Kier molecular flexibility index (Phi) is 3.71. The number of pyridine rings is 1. The van der Waals surface area contributed by atoms with Crippen molar-refractivity contribution in [2.75, 3.05) is 24.6 Å². The first kappa shape index (κ1) is 11.7. The van der Waals surface area contributed by atoms with Crippen molar-refractivity contribution >= 4 is 29.3 Å². The number of nitrogens with zero attached hydrogens (tertiary/aromatic N) is 2. The molecule has 1 aliphatic heterocycles. The maximum absolute atomic E-state index is 12.1. The van der Waals surface area contributed by atoms with Crippen molar-refractivity contribution in [2.45, 2.75) is 6.92 Å². The summed E-state index contributed by atoms with van der Waals surface area (Å²) in [4.78, 5) is 18.1. The van der Waals surface area contributed by atoms with Gasteiger partial charge < -0.3 is 4.90 Å². The number of rotatable bonds is 1. The normalized spacial score (nSPS) is 16.2. The van der Waals surface area contributed by atoms with Gasteiger partial charge in [0.15, 0.2) is 0 Å². The van der Waals surface area contributed by atoms with E-state index >= 15 is 0 Å². The molecule has 5 heteroatoms. The number of amides is 1. The number of carbonyl (C=O) groups is 1. The van der Waals surface area contributed by atoms with Crippen LogP contribution < -0.4 is 0 Å². The van der Waals surface area contributed by atoms with Crippen molar-refractivity contribution < 1.29 is 4.79 Å². The summed E-state index contributed by atoms with van der Waals surface area (Å²) in [5.74, 6) is 2.00. The molecule has 0 unspecified atom stereocenters. The third-order valence-corrected chi connectivity index (χ3v) is 3.77. The van der Waals surface area contributed by atoms with E-state index in [0.29, 0.717) is 10.6 Å². The highest BCUT2D eigenvalue weighted by Gasteiger charge is 2.20. The Morgan fingerprint density at radius 3 is 2.81 bits per heavy atom. The van der Waals surface area contributed by atoms with Crippen molar-refractivity contribution in [1.29, 1.82) is 0 Å². The molecule has 1 aromatic heterocycles. The second-order valence-corrected chi connectivity index (χ2v) is 5.34. The Bertz CT molecular complexity index is 405. The van der Waals surface area contributed by atoms with Gasteiger partial charge in [0.05, 0.1) is 10.6 Å². The molecule has 86 valence electrons. The summed E-state index contributed by atoms with van der Waals surface area (Å²) in [6.45, 7) is 3.46. The number of aryl methyl sites for hydroxylation is 1. The van der Waals surface area contributed by atoms with Gasteiger partial charge in [0, 0.05) is 36.5 Å². The fraction of sp³-hybridized carbons (Fsp3) is 0.455. The van der Waals surface area contributed by atoms with E-state index < -0.39 is 0 Å². The van der Waals surface area contributed by atoms with Crippen LogP contribution in [-0.2, 0) is 0 Å². The largest absolute Gasteiger partial charge is 0.337 e. The lowest BCUT2D eigenvalue weighted by atomic mass is 10.2. The predicted molar refractivity (Wildman–Crippen MR) is 67.2 cm³/mol. The van der Waals surface area contributed by atoms with Gasteiger partial charge in [-0.05, 0) is 13.0 Å². The molecule has 0 N–H and O–H groups in total. The van der Waals surface area contributed by atoms with Gasteiger partial charge in [-0.2, -0.15) is 11.8 Å². The molecule has 0 bridgehead atoms. The van der Waals surface area contributed by atoms with Gasteiger partial charge in [-0.1, -0.05) is 11.6 Å². The Morgan fingerprint density at radius 1 is 1.50 bits per heavy atom. The molecule has 0 spiro atoms. The number of hydrogen-bond donors (Lipinski definition) is 0. The molecule has 1 fully saturated rings. The molecule has 0 atom stereocenters. The monoisotopic (exact) mass is 256 g/mol. The van der Waals surface area contributed by atoms with E-state index in [4.69, 9.17) is 11.6 Å². The van der Waals surface area contributed by atoms with Crippen molar-refractivity contribution in [3.8, 4) is 0 Å². The summed E-state index contributed by atoms with van der Waals surface area (Å²) in [5.41, 5.74) is 1.34. The van der Waals surface area contributed by atoms with E-state index in [9.17, 15) is 4.79 Å². The van der Waals surface area contributed by atoms with Crippen molar-refractivity contribution in [3.05, 3.63) is 28.5 Å². The van der Waals surface area contributed by atoms with Gasteiger partial charge in [0.2, 0.25) is 0 Å².